The maximum Gasteiger partial charge on any atom is 0.223 e. The summed E-state index contributed by atoms with van der Waals surface area (Å²) >= 11 is 0. The van der Waals surface area contributed by atoms with Crippen LogP contribution < -0.4 is 0 Å². The van der Waals surface area contributed by atoms with E-state index < -0.39 is 5.54 Å². The number of pyridine rings is 1. The van der Waals surface area contributed by atoms with E-state index in [0.29, 0.717) is 19.4 Å². The molecule has 0 spiro atoms. The molecular weight excluding hydrogens is 288 g/mol. The Bertz CT molecular complexity index is 511. The topological polar surface area (TPSA) is 50.3 Å². The van der Waals surface area contributed by atoms with Gasteiger partial charge in [-0.15, -0.1) is 0 Å². The molecule has 126 valence electrons. The molecule has 1 saturated heterocycles. The zero-order valence-electron chi connectivity index (χ0n) is 14.3. The molecule has 1 atom stereocenters. The number of carbonyl (C=O) groups excluding carboxylic acids is 2. The summed E-state index contributed by atoms with van der Waals surface area (Å²) in [6, 6.07) is 3.73. The van der Waals surface area contributed by atoms with Gasteiger partial charge in [0.1, 0.15) is 6.29 Å². The molecule has 1 unspecified atom stereocenters. The second kappa shape index (κ2) is 8.23. The first kappa shape index (κ1) is 17.6. The number of likely N-dealkylation sites (tertiary alicyclic amines) is 1. The first-order chi connectivity index (χ1) is 11.0. The molecule has 1 aromatic rings. The van der Waals surface area contributed by atoms with Gasteiger partial charge in [-0.1, -0.05) is 45.1 Å². The van der Waals surface area contributed by atoms with Crippen LogP contribution in [-0.2, 0) is 16.1 Å². The third-order valence-corrected chi connectivity index (χ3v) is 4.97. The van der Waals surface area contributed by atoms with E-state index in [9.17, 15) is 9.59 Å². The molecule has 1 aliphatic carbocycles. The Morgan fingerprint density at radius 3 is 2.61 bits per heavy atom. The summed E-state index contributed by atoms with van der Waals surface area (Å²) in [5.74, 6) is 1.08. The zero-order chi connectivity index (χ0) is 16.7. The summed E-state index contributed by atoms with van der Waals surface area (Å²) in [5, 5.41) is 0. The van der Waals surface area contributed by atoms with E-state index in [2.05, 4.69) is 11.9 Å². The Labute approximate surface area is 139 Å². The highest BCUT2D eigenvalue weighted by Crippen LogP contribution is 2.29. The Kier molecular flexibility index (Phi) is 6.31. The van der Waals surface area contributed by atoms with Crippen molar-refractivity contribution >= 4 is 12.2 Å². The first-order valence-corrected chi connectivity index (χ1v) is 8.71. The van der Waals surface area contributed by atoms with Crippen molar-refractivity contribution in [3.8, 4) is 0 Å². The molecule has 3 rings (SSSR count). The zero-order valence-corrected chi connectivity index (χ0v) is 14.3. The lowest BCUT2D eigenvalue weighted by Crippen LogP contribution is -2.44. The van der Waals surface area contributed by atoms with Crippen LogP contribution in [0, 0.1) is 5.92 Å². The highest BCUT2D eigenvalue weighted by Gasteiger charge is 2.41. The quantitative estimate of drug-likeness (QED) is 0.798. The minimum absolute atomic E-state index is 0.0402. The largest absolute Gasteiger partial charge is 0.326 e. The number of amides is 1. The number of carbonyl (C=O) groups is 2. The molecule has 0 radical (unpaired) electrons. The summed E-state index contributed by atoms with van der Waals surface area (Å²) in [7, 11) is 0. The lowest BCUT2D eigenvalue weighted by molar-refractivity contribution is -0.135. The molecule has 1 saturated carbocycles. The van der Waals surface area contributed by atoms with Gasteiger partial charge in [-0.3, -0.25) is 9.78 Å². The molecule has 1 aliphatic heterocycles. The molecule has 1 amide bonds. The van der Waals surface area contributed by atoms with E-state index in [0.717, 1.165) is 17.8 Å². The number of rotatable bonds is 3. The van der Waals surface area contributed by atoms with E-state index in [1.54, 1.807) is 24.2 Å². The fourth-order valence-electron chi connectivity index (χ4n) is 3.29. The molecule has 23 heavy (non-hydrogen) atoms. The summed E-state index contributed by atoms with van der Waals surface area (Å²) in [5.41, 5.74) is 0.304. The van der Waals surface area contributed by atoms with Gasteiger partial charge in [-0.25, -0.2) is 0 Å². The van der Waals surface area contributed by atoms with Gasteiger partial charge in [-0.05, 0) is 30.9 Å². The molecule has 0 bridgehead atoms. The van der Waals surface area contributed by atoms with Crippen LogP contribution in [0.4, 0.5) is 0 Å². The Morgan fingerprint density at radius 1 is 1.35 bits per heavy atom. The van der Waals surface area contributed by atoms with E-state index in [1.165, 1.54) is 32.1 Å². The average Bonchev–Trinajstić information content (AvgIpc) is 2.86. The number of aldehydes is 1. The third kappa shape index (κ3) is 4.88. The molecule has 4 heteroatoms. The monoisotopic (exact) mass is 316 g/mol. The Balaban J connectivity index is 0.000000229. The summed E-state index contributed by atoms with van der Waals surface area (Å²) in [6.45, 7) is 4.63. The molecule has 4 nitrogen and oxygen atoms in total. The van der Waals surface area contributed by atoms with Gasteiger partial charge >= 0.3 is 0 Å². The SMILES string of the molecule is CC1(C=O)CCC(=O)N1Cc1cccnc1.CC1CCCCC1. The number of hydrogen-bond acceptors (Lipinski definition) is 3. The lowest BCUT2D eigenvalue weighted by atomic mass is 9.91. The maximum atomic E-state index is 11.7. The van der Waals surface area contributed by atoms with Crippen LogP contribution in [0.2, 0.25) is 0 Å². The number of hydrogen-bond donors (Lipinski definition) is 0. The molecule has 2 heterocycles. The van der Waals surface area contributed by atoms with E-state index >= 15 is 0 Å². The van der Waals surface area contributed by atoms with Crippen molar-refractivity contribution in [2.75, 3.05) is 0 Å². The minimum Gasteiger partial charge on any atom is -0.326 e. The number of aromatic nitrogens is 1. The van der Waals surface area contributed by atoms with Gasteiger partial charge in [0.15, 0.2) is 0 Å². The molecule has 1 aromatic heterocycles. The van der Waals surface area contributed by atoms with Gasteiger partial charge in [-0.2, -0.15) is 0 Å². The van der Waals surface area contributed by atoms with E-state index in [1.807, 2.05) is 12.1 Å². The summed E-state index contributed by atoms with van der Waals surface area (Å²) in [4.78, 5) is 28.4. The molecule has 2 fully saturated rings. The minimum atomic E-state index is -0.646. The van der Waals surface area contributed by atoms with Crippen LogP contribution >= 0.6 is 0 Å². The first-order valence-electron chi connectivity index (χ1n) is 8.71. The van der Waals surface area contributed by atoms with Crippen LogP contribution in [-0.4, -0.2) is 27.6 Å². The molecular formula is C19H28N2O2. The van der Waals surface area contributed by atoms with E-state index in [-0.39, 0.29) is 5.91 Å². The van der Waals surface area contributed by atoms with Crippen molar-refractivity contribution in [1.82, 2.24) is 9.88 Å². The summed E-state index contributed by atoms with van der Waals surface area (Å²) < 4.78 is 0. The van der Waals surface area contributed by atoms with Crippen molar-refractivity contribution in [2.45, 2.75) is 70.9 Å². The standard InChI is InChI=1S/C12H14N2O2.C7H14/c1-12(9-15)5-4-11(16)14(12)8-10-3-2-6-13-7-10;1-7-5-3-2-4-6-7/h2-3,6-7,9H,4-5,8H2,1H3;7H,2-6H2,1H3. The van der Waals surface area contributed by atoms with Crippen molar-refractivity contribution in [3.05, 3.63) is 30.1 Å². The van der Waals surface area contributed by atoms with Crippen molar-refractivity contribution in [3.63, 3.8) is 0 Å². The normalized spacial score (nSPS) is 25.0. The van der Waals surface area contributed by atoms with Crippen molar-refractivity contribution in [2.24, 2.45) is 5.92 Å². The van der Waals surface area contributed by atoms with Crippen molar-refractivity contribution in [1.29, 1.82) is 0 Å². The lowest BCUT2D eigenvalue weighted by Gasteiger charge is -2.30. The number of nitrogens with zero attached hydrogens (tertiary/aromatic N) is 2. The van der Waals surface area contributed by atoms with Crippen molar-refractivity contribution < 1.29 is 9.59 Å². The second-order valence-corrected chi connectivity index (χ2v) is 7.06. The second-order valence-electron chi connectivity index (χ2n) is 7.06. The average molecular weight is 316 g/mol. The van der Waals surface area contributed by atoms with Crippen LogP contribution in [0.5, 0.6) is 0 Å². The fourth-order valence-corrected chi connectivity index (χ4v) is 3.29. The Morgan fingerprint density at radius 2 is 2.09 bits per heavy atom. The molecule has 0 aromatic carbocycles. The fraction of sp³-hybridized carbons (Fsp3) is 0.632. The molecule has 0 N–H and O–H groups in total. The van der Waals surface area contributed by atoms with Gasteiger partial charge in [0.2, 0.25) is 5.91 Å². The van der Waals surface area contributed by atoms with E-state index in [4.69, 9.17) is 0 Å². The Hall–Kier alpha value is -1.71. The van der Waals surface area contributed by atoms with Crippen LogP contribution in [0.25, 0.3) is 0 Å². The van der Waals surface area contributed by atoms with Gasteiger partial charge < -0.3 is 9.69 Å². The van der Waals surface area contributed by atoms with Gasteiger partial charge in [0.25, 0.3) is 0 Å². The van der Waals surface area contributed by atoms with Gasteiger partial charge in [0, 0.05) is 25.4 Å². The third-order valence-electron chi connectivity index (χ3n) is 4.97. The molecule has 2 aliphatic rings. The van der Waals surface area contributed by atoms with Crippen LogP contribution in [0.15, 0.2) is 24.5 Å². The predicted octanol–water partition coefficient (Wildman–Crippen LogP) is 3.75. The highest BCUT2D eigenvalue weighted by molar-refractivity contribution is 5.85. The maximum absolute atomic E-state index is 11.7. The smallest absolute Gasteiger partial charge is 0.223 e. The van der Waals surface area contributed by atoms with Gasteiger partial charge in [0.05, 0.1) is 5.54 Å². The van der Waals surface area contributed by atoms with Crippen LogP contribution in [0.3, 0.4) is 0 Å². The highest BCUT2D eigenvalue weighted by atomic mass is 16.2. The van der Waals surface area contributed by atoms with Crippen LogP contribution in [0.1, 0.15) is 64.4 Å². The summed E-state index contributed by atoms with van der Waals surface area (Å²) in [6.07, 6.45) is 12.8. The predicted molar refractivity (Wildman–Crippen MR) is 90.7 cm³/mol.